The number of ether oxygens (including phenoxy) is 1. The number of nitrogens with zero attached hydrogens (tertiary/aromatic N) is 4. The summed E-state index contributed by atoms with van der Waals surface area (Å²) in [7, 11) is 1.28. The van der Waals surface area contributed by atoms with E-state index in [4.69, 9.17) is 11.6 Å². The van der Waals surface area contributed by atoms with Gasteiger partial charge in [0, 0.05) is 10.1 Å². The molecule has 1 aromatic heterocycles. The smallest absolute Gasteiger partial charge is 0.465 e. The van der Waals surface area contributed by atoms with E-state index >= 15 is 0 Å². The highest BCUT2D eigenvalue weighted by molar-refractivity contribution is 6.31. The Hall–Kier alpha value is -2.48. The van der Waals surface area contributed by atoms with Crippen LogP contribution in [0.3, 0.4) is 0 Å². The van der Waals surface area contributed by atoms with Crippen molar-refractivity contribution < 1.29 is 14.5 Å². The highest BCUT2D eigenvalue weighted by Crippen LogP contribution is 2.19. The SMILES string of the molecule is COC(=O)c1ccc(Cl)c(Cn2cnc([N+](=O)[O-])n2)c1. The van der Waals surface area contributed by atoms with Gasteiger partial charge in [0.05, 0.1) is 19.2 Å². The van der Waals surface area contributed by atoms with Gasteiger partial charge < -0.3 is 14.9 Å². The summed E-state index contributed by atoms with van der Waals surface area (Å²) in [5.41, 5.74) is 0.913. The monoisotopic (exact) mass is 296 g/mol. The molecule has 0 fully saturated rings. The molecule has 0 unspecified atom stereocenters. The van der Waals surface area contributed by atoms with Gasteiger partial charge in [-0.2, -0.15) is 4.68 Å². The molecule has 0 spiro atoms. The Morgan fingerprint density at radius 2 is 2.30 bits per heavy atom. The Labute approximate surface area is 118 Å². The number of rotatable bonds is 4. The summed E-state index contributed by atoms with van der Waals surface area (Å²) >= 11 is 6.02. The molecule has 0 bridgehead atoms. The van der Waals surface area contributed by atoms with Crippen molar-refractivity contribution in [3.8, 4) is 0 Å². The number of nitro groups is 1. The quantitative estimate of drug-likeness (QED) is 0.483. The van der Waals surface area contributed by atoms with Crippen molar-refractivity contribution in [2.24, 2.45) is 0 Å². The Morgan fingerprint density at radius 3 is 2.90 bits per heavy atom. The molecule has 0 saturated carbocycles. The van der Waals surface area contributed by atoms with Crippen molar-refractivity contribution in [2.75, 3.05) is 7.11 Å². The van der Waals surface area contributed by atoms with Gasteiger partial charge in [-0.05, 0) is 28.7 Å². The van der Waals surface area contributed by atoms with Gasteiger partial charge in [-0.3, -0.25) is 0 Å². The van der Waals surface area contributed by atoms with Crippen molar-refractivity contribution in [1.82, 2.24) is 14.8 Å². The molecule has 0 N–H and O–H groups in total. The Kier molecular flexibility index (Phi) is 3.94. The van der Waals surface area contributed by atoms with Gasteiger partial charge in [-0.1, -0.05) is 16.6 Å². The summed E-state index contributed by atoms with van der Waals surface area (Å²) in [5.74, 6) is -0.988. The number of hydrogen-bond donors (Lipinski definition) is 0. The van der Waals surface area contributed by atoms with Gasteiger partial charge in [-0.15, -0.1) is 0 Å². The molecule has 20 heavy (non-hydrogen) atoms. The third-order valence-corrected chi connectivity index (χ3v) is 2.86. The van der Waals surface area contributed by atoms with Crippen LogP contribution in [0, 0.1) is 10.1 Å². The molecule has 1 heterocycles. The second-order valence-corrected chi connectivity index (χ2v) is 4.20. The van der Waals surface area contributed by atoms with E-state index in [1.807, 2.05) is 0 Å². The van der Waals surface area contributed by atoms with Gasteiger partial charge in [0.1, 0.15) is 0 Å². The number of hydrogen-bond acceptors (Lipinski definition) is 6. The zero-order valence-electron chi connectivity index (χ0n) is 10.3. The molecule has 0 aliphatic carbocycles. The van der Waals surface area contributed by atoms with Gasteiger partial charge in [0.2, 0.25) is 6.33 Å². The van der Waals surface area contributed by atoms with Crippen LogP contribution >= 0.6 is 11.6 Å². The van der Waals surface area contributed by atoms with Crippen LogP contribution in [0.15, 0.2) is 24.5 Å². The highest BCUT2D eigenvalue weighted by atomic mass is 35.5. The molecule has 104 valence electrons. The van der Waals surface area contributed by atoms with Gasteiger partial charge in [0.15, 0.2) is 0 Å². The lowest BCUT2D eigenvalue weighted by atomic mass is 10.1. The molecule has 0 aliphatic heterocycles. The van der Waals surface area contributed by atoms with Gasteiger partial charge >= 0.3 is 11.9 Å². The fourth-order valence-corrected chi connectivity index (χ4v) is 1.74. The number of benzene rings is 1. The fourth-order valence-electron chi connectivity index (χ4n) is 1.56. The zero-order chi connectivity index (χ0) is 14.7. The molecule has 0 aliphatic rings. The topological polar surface area (TPSA) is 100 Å². The lowest BCUT2D eigenvalue weighted by molar-refractivity contribution is -0.394. The first-order chi connectivity index (χ1) is 9.51. The van der Waals surface area contributed by atoms with Crippen molar-refractivity contribution in [2.45, 2.75) is 6.54 Å². The minimum absolute atomic E-state index is 0.157. The van der Waals surface area contributed by atoms with Crippen molar-refractivity contribution >= 4 is 23.5 Å². The van der Waals surface area contributed by atoms with Crippen LogP contribution < -0.4 is 0 Å². The number of aromatic nitrogens is 3. The van der Waals surface area contributed by atoms with Gasteiger partial charge in [-0.25, -0.2) is 4.79 Å². The first kappa shape index (κ1) is 13.9. The maximum atomic E-state index is 11.4. The van der Waals surface area contributed by atoms with Crippen LogP contribution in [-0.4, -0.2) is 32.8 Å². The summed E-state index contributed by atoms with van der Waals surface area (Å²) in [6.07, 6.45) is 1.22. The first-order valence-electron chi connectivity index (χ1n) is 5.42. The maximum Gasteiger partial charge on any atom is 0.490 e. The second-order valence-electron chi connectivity index (χ2n) is 3.80. The third kappa shape index (κ3) is 2.91. The lowest BCUT2D eigenvalue weighted by Crippen LogP contribution is -2.05. The molecular weight excluding hydrogens is 288 g/mol. The van der Waals surface area contributed by atoms with E-state index in [2.05, 4.69) is 14.8 Å². The van der Waals surface area contributed by atoms with Crippen LogP contribution in [0.4, 0.5) is 5.95 Å². The van der Waals surface area contributed by atoms with E-state index in [1.54, 1.807) is 12.1 Å². The molecular formula is C11H9ClN4O4. The molecule has 1 aromatic carbocycles. The Balaban J connectivity index is 2.27. The minimum Gasteiger partial charge on any atom is -0.465 e. The summed E-state index contributed by atoms with van der Waals surface area (Å²) in [6, 6.07) is 4.62. The van der Waals surface area contributed by atoms with Crippen molar-refractivity contribution in [3.05, 3.63) is 50.8 Å². The summed E-state index contributed by atoms with van der Waals surface area (Å²) in [5, 5.41) is 14.6. The third-order valence-electron chi connectivity index (χ3n) is 2.49. The highest BCUT2D eigenvalue weighted by Gasteiger charge is 2.15. The Bertz CT molecular complexity index is 670. The largest absolute Gasteiger partial charge is 0.490 e. The lowest BCUT2D eigenvalue weighted by Gasteiger charge is -2.05. The second kappa shape index (κ2) is 5.66. The first-order valence-corrected chi connectivity index (χ1v) is 5.79. The fraction of sp³-hybridized carbons (Fsp3) is 0.182. The molecule has 0 atom stereocenters. The molecule has 0 amide bonds. The predicted molar refractivity (Wildman–Crippen MR) is 68.6 cm³/mol. The normalized spacial score (nSPS) is 10.3. The number of esters is 1. The van der Waals surface area contributed by atoms with E-state index in [9.17, 15) is 14.9 Å². The number of carbonyl (C=O) groups excluding carboxylic acids is 1. The molecule has 2 rings (SSSR count). The molecule has 8 nitrogen and oxygen atoms in total. The molecule has 0 saturated heterocycles. The van der Waals surface area contributed by atoms with E-state index in [1.165, 1.54) is 24.2 Å². The zero-order valence-corrected chi connectivity index (χ0v) is 11.1. The summed E-state index contributed by atoms with van der Waals surface area (Å²) in [4.78, 5) is 24.8. The van der Waals surface area contributed by atoms with Crippen LogP contribution in [0.5, 0.6) is 0 Å². The number of methoxy groups -OCH3 is 1. The number of carbonyl (C=O) groups is 1. The standard InChI is InChI=1S/C11H9ClN4O4/c1-20-10(17)7-2-3-9(12)8(4-7)5-15-6-13-11(14-15)16(18)19/h2-4,6H,5H2,1H3. The van der Waals surface area contributed by atoms with E-state index < -0.39 is 16.8 Å². The maximum absolute atomic E-state index is 11.4. The molecule has 0 radical (unpaired) electrons. The van der Waals surface area contributed by atoms with E-state index in [-0.39, 0.29) is 6.54 Å². The van der Waals surface area contributed by atoms with Crippen LogP contribution in [0.1, 0.15) is 15.9 Å². The van der Waals surface area contributed by atoms with Crippen LogP contribution in [-0.2, 0) is 11.3 Å². The van der Waals surface area contributed by atoms with Crippen molar-refractivity contribution in [1.29, 1.82) is 0 Å². The van der Waals surface area contributed by atoms with Crippen molar-refractivity contribution in [3.63, 3.8) is 0 Å². The van der Waals surface area contributed by atoms with Crippen LogP contribution in [0.25, 0.3) is 0 Å². The van der Waals surface area contributed by atoms with E-state index in [0.717, 1.165) is 0 Å². The summed E-state index contributed by atoms with van der Waals surface area (Å²) in [6.45, 7) is 0.157. The van der Waals surface area contributed by atoms with Gasteiger partial charge in [0.25, 0.3) is 0 Å². The number of halogens is 1. The van der Waals surface area contributed by atoms with E-state index in [0.29, 0.717) is 16.1 Å². The average Bonchev–Trinajstić information content (AvgIpc) is 2.89. The minimum atomic E-state index is -0.691. The average molecular weight is 297 g/mol. The molecule has 9 heteroatoms. The molecule has 2 aromatic rings. The predicted octanol–water partition coefficient (Wildman–Crippen LogP) is 1.67. The van der Waals surface area contributed by atoms with Crippen LogP contribution in [0.2, 0.25) is 5.02 Å². The Morgan fingerprint density at radius 1 is 1.55 bits per heavy atom. The summed E-state index contributed by atoms with van der Waals surface area (Å²) < 4.78 is 5.88.